The molecule has 180 valence electrons. The van der Waals surface area contributed by atoms with Gasteiger partial charge in [0.1, 0.15) is 0 Å². The molecule has 0 bridgehead atoms. The normalized spacial score (nSPS) is 14.9. The maximum atomic E-state index is 12.9. The second-order valence-electron chi connectivity index (χ2n) is 7.85. The van der Waals surface area contributed by atoms with Gasteiger partial charge in [-0.05, 0) is 42.8 Å². The Morgan fingerprint density at radius 2 is 1.83 bits per heavy atom. The number of rotatable bonds is 7. The van der Waals surface area contributed by atoms with Crippen LogP contribution in [0.4, 0.5) is 17.1 Å². The van der Waals surface area contributed by atoms with Gasteiger partial charge >= 0.3 is 0 Å². The van der Waals surface area contributed by atoms with Crippen LogP contribution in [-0.2, 0) is 4.79 Å². The number of nitrogens with one attached hydrogen (secondary N) is 4. The number of aromatic amines is 1. The average Bonchev–Trinajstić information content (AvgIpc) is 3.49. The van der Waals surface area contributed by atoms with Crippen molar-refractivity contribution in [2.24, 2.45) is 0 Å². The minimum Gasteiger partial charge on any atom is -0.369 e. The molecular weight excluding hydrogens is 491 g/mol. The van der Waals surface area contributed by atoms with E-state index in [0.29, 0.717) is 12.2 Å². The van der Waals surface area contributed by atoms with Gasteiger partial charge in [0.25, 0.3) is 11.8 Å². The molecule has 1 aromatic heterocycles. The van der Waals surface area contributed by atoms with Crippen molar-refractivity contribution in [1.29, 1.82) is 0 Å². The van der Waals surface area contributed by atoms with Gasteiger partial charge in [0, 0.05) is 36.7 Å². The minimum absolute atomic E-state index is 0.0501. The molecule has 3 amide bonds. The highest BCUT2D eigenvalue weighted by Crippen LogP contribution is 2.26. The average molecular weight is 513 g/mol. The number of carbonyl (C=O) groups is 3. The summed E-state index contributed by atoms with van der Waals surface area (Å²) < 4.78 is 0. The van der Waals surface area contributed by atoms with Gasteiger partial charge in [0.15, 0.2) is 5.69 Å². The predicted octanol–water partition coefficient (Wildman–Crippen LogP) is 4.10. The molecule has 0 aliphatic carbocycles. The van der Waals surface area contributed by atoms with Crippen LogP contribution in [0.1, 0.15) is 27.3 Å². The lowest BCUT2D eigenvalue weighted by atomic mass is 10.2. The second-order valence-corrected chi connectivity index (χ2v) is 8.66. The van der Waals surface area contributed by atoms with Gasteiger partial charge in [-0.3, -0.25) is 19.5 Å². The van der Waals surface area contributed by atoms with E-state index < -0.39 is 11.8 Å². The largest absolute Gasteiger partial charge is 0.369 e. The second kappa shape index (κ2) is 10.6. The van der Waals surface area contributed by atoms with Gasteiger partial charge in [-0.1, -0.05) is 41.9 Å². The summed E-state index contributed by atoms with van der Waals surface area (Å²) in [5.74, 6) is -1.26. The summed E-state index contributed by atoms with van der Waals surface area (Å²) in [6.07, 6.45) is 3.35. The van der Waals surface area contributed by atoms with Gasteiger partial charge in [-0.15, -0.1) is 0 Å². The standard InChI is InChI=1S/C24H22Cl2N6O3/c1-2-20(33)28-14-5-3-6-16(11-14)32-10-9-15(13-32)29-24(35)22-19(12-27-31-22)30-23(34)21-17(25)7-4-8-18(21)26/h2-8,11-12,15H,1,9-10,13H2,(H,27,31)(H,28,33)(H,29,35)(H,30,34)/t15-/m1/s1. The van der Waals surface area contributed by atoms with E-state index in [2.05, 4.69) is 37.6 Å². The molecule has 3 aromatic rings. The Balaban J connectivity index is 1.39. The molecule has 1 aliphatic rings. The molecule has 35 heavy (non-hydrogen) atoms. The fraction of sp³-hybridized carbons (Fsp3) is 0.167. The van der Waals surface area contributed by atoms with Crippen LogP contribution in [0.3, 0.4) is 0 Å². The van der Waals surface area contributed by atoms with Crippen molar-refractivity contribution in [3.05, 3.63) is 82.6 Å². The van der Waals surface area contributed by atoms with E-state index in [1.54, 1.807) is 24.3 Å². The number of anilines is 3. The summed E-state index contributed by atoms with van der Waals surface area (Å²) in [6.45, 7) is 4.75. The molecule has 0 saturated carbocycles. The lowest BCUT2D eigenvalue weighted by molar-refractivity contribution is -0.111. The quantitative estimate of drug-likeness (QED) is 0.355. The van der Waals surface area contributed by atoms with Gasteiger partial charge in [0.05, 0.1) is 21.3 Å². The zero-order valence-electron chi connectivity index (χ0n) is 18.5. The summed E-state index contributed by atoms with van der Waals surface area (Å²) in [4.78, 5) is 39.3. The first kappa shape index (κ1) is 24.3. The van der Waals surface area contributed by atoms with Crippen molar-refractivity contribution < 1.29 is 14.4 Å². The molecule has 0 unspecified atom stereocenters. The third-order valence-corrected chi connectivity index (χ3v) is 6.11. The van der Waals surface area contributed by atoms with Crippen LogP contribution in [0.15, 0.2) is 61.3 Å². The van der Waals surface area contributed by atoms with Crippen LogP contribution in [-0.4, -0.2) is 47.1 Å². The van der Waals surface area contributed by atoms with Gasteiger partial charge in [0.2, 0.25) is 5.91 Å². The molecule has 4 N–H and O–H groups in total. The summed E-state index contributed by atoms with van der Waals surface area (Å²) in [7, 11) is 0. The summed E-state index contributed by atoms with van der Waals surface area (Å²) in [6, 6.07) is 12.1. The van der Waals surface area contributed by atoms with Crippen molar-refractivity contribution in [2.75, 3.05) is 28.6 Å². The number of carbonyl (C=O) groups excluding carboxylic acids is 3. The van der Waals surface area contributed by atoms with Gasteiger partial charge in [-0.2, -0.15) is 5.10 Å². The maximum Gasteiger partial charge on any atom is 0.274 e. The number of amides is 3. The molecule has 2 aromatic carbocycles. The maximum absolute atomic E-state index is 12.9. The van der Waals surface area contributed by atoms with E-state index in [-0.39, 0.29) is 38.9 Å². The molecule has 0 radical (unpaired) electrons. The fourth-order valence-electron chi connectivity index (χ4n) is 3.80. The van der Waals surface area contributed by atoms with Crippen LogP contribution in [0, 0.1) is 0 Å². The van der Waals surface area contributed by atoms with Crippen molar-refractivity contribution in [1.82, 2.24) is 15.5 Å². The van der Waals surface area contributed by atoms with Crippen molar-refractivity contribution in [2.45, 2.75) is 12.5 Å². The van der Waals surface area contributed by atoms with Crippen molar-refractivity contribution in [3.63, 3.8) is 0 Å². The van der Waals surface area contributed by atoms with Crippen LogP contribution < -0.4 is 20.9 Å². The molecule has 4 rings (SSSR count). The monoisotopic (exact) mass is 512 g/mol. The Morgan fingerprint density at radius 1 is 1.09 bits per heavy atom. The molecule has 9 nitrogen and oxygen atoms in total. The number of benzene rings is 2. The Bertz CT molecular complexity index is 1270. The topological polar surface area (TPSA) is 119 Å². The molecule has 0 spiro atoms. The molecule has 2 heterocycles. The number of halogens is 2. The molecule has 1 aliphatic heterocycles. The number of hydrogen-bond acceptors (Lipinski definition) is 5. The number of nitrogens with zero attached hydrogens (tertiary/aromatic N) is 2. The highest BCUT2D eigenvalue weighted by molar-refractivity contribution is 6.40. The Labute approximate surface area is 211 Å². The Hall–Kier alpha value is -3.82. The van der Waals surface area contributed by atoms with E-state index >= 15 is 0 Å². The van der Waals surface area contributed by atoms with Crippen LogP contribution in [0.2, 0.25) is 10.0 Å². The molecular formula is C24H22Cl2N6O3. The SMILES string of the molecule is C=CC(=O)Nc1cccc(N2CC[C@@H](NC(=O)c3n[nH]cc3NC(=O)c3c(Cl)cccc3Cl)C2)c1. The first-order valence-corrected chi connectivity index (χ1v) is 11.5. The molecule has 11 heteroatoms. The van der Waals surface area contributed by atoms with Crippen LogP contribution in [0.5, 0.6) is 0 Å². The number of hydrogen-bond donors (Lipinski definition) is 4. The highest BCUT2D eigenvalue weighted by Gasteiger charge is 2.27. The summed E-state index contributed by atoms with van der Waals surface area (Å²) in [5.41, 5.74) is 1.96. The van der Waals surface area contributed by atoms with Crippen LogP contribution in [0.25, 0.3) is 0 Å². The smallest absolute Gasteiger partial charge is 0.274 e. The van der Waals surface area contributed by atoms with E-state index in [0.717, 1.165) is 18.7 Å². The third-order valence-electron chi connectivity index (χ3n) is 5.48. The molecule has 1 fully saturated rings. The van der Waals surface area contributed by atoms with Crippen molar-refractivity contribution >= 4 is 58.0 Å². The highest BCUT2D eigenvalue weighted by atomic mass is 35.5. The zero-order chi connectivity index (χ0) is 24.9. The lowest BCUT2D eigenvalue weighted by Gasteiger charge is -2.20. The molecule has 1 atom stereocenters. The summed E-state index contributed by atoms with van der Waals surface area (Å²) in [5, 5.41) is 15.3. The fourth-order valence-corrected chi connectivity index (χ4v) is 4.37. The Morgan fingerprint density at radius 3 is 2.57 bits per heavy atom. The first-order chi connectivity index (χ1) is 16.9. The van der Waals surface area contributed by atoms with E-state index in [1.807, 2.05) is 18.2 Å². The van der Waals surface area contributed by atoms with Gasteiger partial charge in [-0.25, -0.2) is 0 Å². The minimum atomic E-state index is -0.550. The zero-order valence-corrected chi connectivity index (χ0v) is 20.0. The van der Waals surface area contributed by atoms with E-state index in [9.17, 15) is 14.4 Å². The van der Waals surface area contributed by atoms with E-state index in [1.165, 1.54) is 12.3 Å². The predicted molar refractivity (Wildman–Crippen MR) is 136 cm³/mol. The lowest BCUT2D eigenvalue weighted by Crippen LogP contribution is -2.37. The molecule has 1 saturated heterocycles. The summed E-state index contributed by atoms with van der Waals surface area (Å²) >= 11 is 12.2. The Kier molecular flexibility index (Phi) is 7.38. The van der Waals surface area contributed by atoms with E-state index in [4.69, 9.17) is 23.2 Å². The van der Waals surface area contributed by atoms with Gasteiger partial charge < -0.3 is 20.9 Å². The van der Waals surface area contributed by atoms with Crippen molar-refractivity contribution in [3.8, 4) is 0 Å². The third kappa shape index (κ3) is 5.64. The van der Waals surface area contributed by atoms with Crippen LogP contribution >= 0.6 is 23.2 Å². The first-order valence-electron chi connectivity index (χ1n) is 10.7. The number of aromatic nitrogens is 2. The number of H-pyrrole nitrogens is 1.